The highest BCUT2D eigenvalue weighted by atomic mass is 127. The second kappa shape index (κ2) is 5.64. The molecule has 4 heteroatoms. The number of nitrogens with two attached hydrogens (primary N) is 1. The number of hydrogen-bond donors (Lipinski definition) is 1. The smallest absolute Gasteiger partial charge is 0.118 e. The summed E-state index contributed by atoms with van der Waals surface area (Å²) in [6, 6.07) is 14.1. The maximum absolute atomic E-state index is 5.79. The van der Waals surface area contributed by atoms with Crippen LogP contribution in [0.15, 0.2) is 52.3 Å². The van der Waals surface area contributed by atoms with Crippen molar-refractivity contribution in [3.63, 3.8) is 0 Å². The first-order valence-corrected chi connectivity index (χ1v) is 6.95. The minimum Gasteiger partial charge on any atom is -0.497 e. The zero-order valence-corrected chi connectivity index (χ0v) is 12.3. The summed E-state index contributed by atoms with van der Waals surface area (Å²) in [6.07, 6.45) is 0. The van der Waals surface area contributed by atoms with Crippen LogP contribution in [0.5, 0.6) is 5.75 Å². The van der Waals surface area contributed by atoms with Gasteiger partial charge in [-0.15, -0.1) is 0 Å². The molecule has 0 unspecified atom stereocenters. The Balaban J connectivity index is 2.16. The van der Waals surface area contributed by atoms with E-state index in [0.29, 0.717) is 0 Å². The van der Waals surface area contributed by atoms with Gasteiger partial charge in [0.15, 0.2) is 0 Å². The molecule has 0 heterocycles. The van der Waals surface area contributed by atoms with Gasteiger partial charge in [0.1, 0.15) is 5.75 Å². The van der Waals surface area contributed by atoms with E-state index in [1.165, 1.54) is 9.79 Å². The van der Waals surface area contributed by atoms with Crippen molar-refractivity contribution in [1.82, 2.24) is 0 Å². The molecule has 88 valence electrons. The van der Waals surface area contributed by atoms with Crippen LogP contribution < -0.4 is 10.5 Å². The maximum atomic E-state index is 5.79. The summed E-state index contributed by atoms with van der Waals surface area (Å²) in [5.41, 5.74) is 6.61. The number of rotatable bonds is 3. The van der Waals surface area contributed by atoms with Crippen LogP contribution in [-0.4, -0.2) is 7.11 Å². The van der Waals surface area contributed by atoms with Crippen molar-refractivity contribution in [2.24, 2.45) is 0 Å². The van der Waals surface area contributed by atoms with E-state index in [4.69, 9.17) is 10.5 Å². The van der Waals surface area contributed by atoms with Crippen LogP contribution in [0, 0.1) is 3.57 Å². The maximum Gasteiger partial charge on any atom is 0.118 e. The third-order valence-corrected chi connectivity index (χ3v) is 4.20. The normalized spacial score (nSPS) is 10.2. The van der Waals surface area contributed by atoms with Crippen molar-refractivity contribution in [1.29, 1.82) is 0 Å². The average molecular weight is 357 g/mol. The van der Waals surface area contributed by atoms with Gasteiger partial charge in [-0.2, -0.15) is 0 Å². The first-order chi connectivity index (χ1) is 8.19. The first-order valence-electron chi connectivity index (χ1n) is 5.06. The number of halogens is 1. The van der Waals surface area contributed by atoms with Gasteiger partial charge in [-0.1, -0.05) is 11.8 Å². The monoisotopic (exact) mass is 357 g/mol. The van der Waals surface area contributed by atoms with Gasteiger partial charge in [0.25, 0.3) is 0 Å². The Morgan fingerprint density at radius 3 is 2.29 bits per heavy atom. The van der Waals surface area contributed by atoms with Gasteiger partial charge in [-0.25, -0.2) is 0 Å². The lowest BCUT2D eigenvalue weighted by Crippen LogP contribution is -1.88. The van der Waals surface area contributed by atoms with E-state index in [1.807, 2.05) is 36.4 Å². The summed E-state index contributed by atoms with van der Waals surface area (Å²) >= 11 is 3.96. The molecular formula is C13H12INOS. The van der Waals surface area contributed by atoms with E-state index in [-0.39, 0.29) is 0 Å². The predicted octanol–water partition coefficient (Wildman–Crippen LogP) is 4.03. The molecule has 17 heavy (non-hydrogen) atoms. The third-order valence-electron chi connectivity index (χ3n) is 2.27. The molecule has 0 aromatic heterocycles. The summed E-state index contributed by atoms with van der Waals surface area (Å²) in [5, 5.41) is 0. The van der Waals surface area contributed by atoms with E-state index >= 15 is 0 Å². The molecule has 0 aliphatic heterocycles. The molecule has 2 aromatic carbocycles. The molecule has 0 saturated heterocycles. The van der Waals surface area contributed by atoms with Crippen LogP contribution in [-0.2, 0) is 0 Å². The molecule has 0 radical (unpaired) electrons. The summed E-state index contributed by atoms with van der Waals surface area (Å²) in [4.78, 5) is 2.38. The molecule has 0 aliphatic carbocycles. The Hall–Kier alpha value is -0.880. The highest BCUT2D eigenvalue weighted by Crippen LogP contribution is 2.31. The predicted molar refractivity (Wildman–Crippen MR) is 80.7 cm³/mol. The topological polar surface area (TPSA) is 35.2 Å². The Labute approximate surface area is 119 Å². The van der Waals surface area contributed by atoms with Crippen molar-refractivity contribution >= 4 is 40.0 Å². The van der Waals surface area contributed by atoms with E-state index in [9.17, 15) is 0 Å². The molecule has 2 rings (SSSR count). The van der Waals surface area contributed by atoms with Crippen LogP contribution in [0.25, 0.3) is 0 Å². The van der Waals surface area contributed by atoms with Gasteiger partial charge in [0.2, 0.25) is 0 Å². The highest BCUT2D eigenvalue weighted by Gasteiger charge is 2.01. The molecule has 0 saturated carbocycles. The Kier molecular flexibility index (Phi) is 4.17. The quantitative estimate of drug-likeness (QED) is 0.665. The molecule has 0 spiro atoms. The molecule has 0 aliphatic rings. The molecule has 0 bridgehead atoms. The van der Waals surface area contributed by atoms with Gasteiger partial charge in [0.05, 0.1) is 7.11 Å². The standard InChI is InChI=1S/C13H12INOS/c1-16-9-2-4-10(5-3-9)17-11-6-7-13(15)12(14)8-11/h2-8H,15H2,1H3. The number of nitrogen functional groups attached to an aromatic ring is 1. The van der Waals surface area contributed by atoms with E-state index in [0.717, 1.165) is 15.0 Å². The summed E-state index contributed by atoms with van der Waals surface area (Å²) in [5.74, 6) is 0.876. The van der Waals surface area contributed by atoms with Gasteiger partial charge in [0, 0.05) is 19.0 Å². The molecule has 0 atom stereocenters. The zero-order chi connectivity index (χ0) is 12.3. The summed E-state index contributed by atoms with van der Waals surface area (Å²) in [7, 11) is 1.67. The molecule has 0 fully saturated rings. The molecule has 2 N–H and O–H groups in total. The van der Waals surface area contributed by atoms with Crippen molar-refractivity contribution < 1.29 is 4.74 Å². The van der Waals surface area contributed by atoms with Crippen molar-refractivity contribution in [3.8, 4) is 5.75 Å². The van der Waals surface area contributed by atoms with Crippen LogP contribution >= 0.6 is 34.4 Å². The number of anilines is 1. The summed E-state index contributed by atoms with van der Waals surface area (Å²) in [6.45, 7) is 0. The van der Waals surface area contributed by atoms with Crippen LogP contribution in [0.2, 0.25) is 0 Å². The largest absolute Gasteiger partial charge is 0.497 e. The Bertz CT molecular complexity index is 513. The minimum atomic E-state index is 0.824. The molecule has 2 nitrogen and oxygen atoms in total. The summed E-state index contributed by atoms with van der Waals surface area (Å²) < 4.78 is 6.21. The van der Waals surface area contributed by atoms with Crippen LogP contribution in [0.4, 0.5) is 5.69 Å². The zero-order valence-electron chi connectivity index (χ0n) is 9.31. The number of benzene rings is 2. The average Bonchev–Trinajstić information content (AvgIpc) is 2.35. The van der Waals surface area contributed by atoms with Gasteiger partial charge in [-0.05, 0) is 65.1 Å². The number of methoxy groups -OCH3 is 1. The van der Waals surface area contributed by atoms with E-state index in [1.54, 1.807) is 18.9 Å². The fourth-order valence-electron chi connectivity index (χ4n) is 1.35. The lowest BCUT2D eigenvalue weighted by Gasteiger charge is -2.05. The minimum absolute atomic E-state index is 0.824. The fourth-order valence-corrected chi connectivity index (χ4v) is 2.93. The van der Waals surface area contributed by atoms with Crippen molar-refractivity contribution in [2.45, 2.75) is 9.79 Å². The van der Waals surface area contributed by atoms with E-state index < -0.39 is 0 Å². The lowest BCUT2D eigenvalue weighted by molar-refractivity contribution is 0.414. The lowest BCUT2D eigenvalue weighted by atomic mass is 10.3. The van der Waals surface area contributed by atoms with E-state index in [2.05, 4.69) is 28.7 Å². The van der Waals surface area contributed by atoms with Crippen molar-refractivity contribution in [2.75, 3.05) is 12.8 Å². The first kappa shape index (κ1) is 12.6. The Morgan fingerprint density at radius 2 is 1.71 bits per heavy atom. The van der Waals surface area contributed by atoms with Crippen LogP contribution in [0.3, 0.4) is 0 Å². The number of ether oxygens (including phenoxy) is 1. The fraction of sp³-hybridized carbons (Fsp3) is 0.0769. The van der Waals surface area contributed by atoms with Crippen LogP contribution in [0.1, 0.15) is 0 Å². The number of hydrogen-bond acceptors (Lipinski definition) is 3. The molecular weight excluding hydrogens is 345 g/mol. The second-order valence-electron chi connectivity index (χ2n) is 3.46. The van der Waals surface area contributed by atoms with Gasteiger partial charge < -0.3 is 10.5 Å². The molecule has 2 aromatic rings. The highest BCUT2D eigenvalue weighted by molar-refractivity contribution is 14.1. The third kappa shape index (κ3) is 3.29. The molecule has 0 amide bonds. The SMILES string of the molecule is COc1ccc(Sc2ccc(N)c(I)c2)cc1. The second-order valence-corrected chi connectivity index (χ2v) is 5.77. The van der Waals surface area contributed by atoms with Crippen molar-refractivity contribution in [3.05, 3.63) is 46.0 Å². The Morgan fingerprint density at radius 1 is 1.06 bits per heavy atom. The van der Waals surface area contributed by atoms with Gasteiger partial charge >= 0.3 is 0 Å². The van der Waals surface area contributed by atoms with Gasteiger partial charge in [-0.3, -0.25) is 0 Å².